The fraction of sp³-hybridized carbons (Fsp3) is 0.615. The van der Waals surface area contributed by atoms with Crippen LogP contribution in [0.3, 0.4) is 0 Å². The lowest BCUT2D eigenvalue weighted by Crippen LogP contribution is -2.46. The van der Waals surface area contributed by atoms with Gasteiger partial charge in [-0.05, 0) is 96.0 Å². The number of fused-ring (bicyclic) bond motifs is 2. The summed E-state index contributed by atoms with van der Waals surface area (Å²) in [6.45, 7) is 4.96. The molecule has 6 nitrogen and oxygen atoms in total. The molecule has 2 unspecified atom stereocenters. The summed E-state index contributed by atoms with van der Waals surface area (Å²) < 4.78 is 10.1. The lowest BCUT2D eigenvalue weighted by atomic mass is 9.86. The Hall–Kier alpha value is -2.36. The molecule has 0 bridgehead atoms. The molecule has 170 valence electrons. The summed E-state index contributed by atoms with van der Waals surface area (Å²) in [7, 11) is 0. The molecule has 6 heteroatoms. The quantitative estimate of drug-likeness (QED) is 0.636. The second-order valence-electron chi connectivity index (χ2n) is 9.61. The minimum absolute atomic E-state index is 0.144. The van der Waals surface area contributed by atoms with Gasteiger partial charge in [0.2, 0.25) is 5.76 Å². The summed E-state index contributed by atoms with van der Waals surface area (Å²) in [6, 6.07) is 3.74. The van der Waals surface area contributed by atoms with Gasteiger partial charge in [-0.25, -0.2) is 0 Å². The second-order valence-corrected chi connectivity index (χ2v) is 9.61. The van der Waals surface area contributed by atoms with Crippen LogP contribution in [0.15, 0.2) is 39.6 Å². The van der Waals surface area contributed by atoms with Crippen LogP contribution in [0, 0.1) is 11.8 Å². The van der Waals surface area contributed by atoms with Crippen LogP contribution < -0.4 is 0 Å². The monoisotopic (exact) mass is 434 g/mol. The van der Waals surface area contributed by atoms with Gasteiger partial charge in [0.25, 0.3) is 0 Å². The van der Waals surface area contributed by atoms with E-state index < -0.39 is 0 Å². The molecule has 0 spiro atoms. The minimum atomic E-state index is 0.144. The van der Waals surface area contributed by atoms with Crippen LogP contribution in [0.25, 0.3) is 6.08 Å². The van der Waals surface area contributed by atoms with Crippen molar-refractivity contribution in [3.63, 3.8) is 0 Å². The number of rotatable bonds is 2. The average Bonchev–Trinajstić information content (AvgIpc) is 3.63. The lowest BCUT2D eigenvalue weighted by Gasteiger charge is -2.40. The Bertz CT molecular complexity index is 942. The first-order valence-electron chi connectivity index (χ1n) is 12.3. The zero-order chi connectivity index (χ0) is 21.7. The molecule has 0 aromatic carbocycles. The highest BCUT2D eigenvalue weighted by molar-refractivity contribution is 5.44. The van der Waals surface area contributed by atoms with Gasteiger partial charge in [-0.2, -0.15) is 0 Å². The Labute approximate surface area is 191 Å². The van der Waals surface area contributed by atoms with Crippen molar-refractivity contribution in [2.45, 2.75) is 75.3 Å². The molecule has 0 N–H and O–H groups in total. The van der Waals surface area contributed by atoms with Crippen LogP contribution in [0.1, 0.15) is 75.7 Å². The standard InChI is InChI=1S/C13H18N2O.C13H16N2O/c2*1-2-10-15-11-3-7-13(15,6-1)8-4-12-5-9-14-16-12/h4-5,8-9H,1-3,6-7,10-11H2;5,9H,1-3,6-7,10-11H2. The first-order valence-corrected chi connectivity index (χ1v) is 12.3. The van der Waals surface area contributed by atoms with Crippen LogP contribution >= 0.6 is 0 Å². The summed E-state index contributed by atoms with van der Waals surface area (Å²) in [5.74, 6) is 8.13. The molecule has 4 fully saturated rings. The van der Waals surface area contributed by atoms with Gasteiger partial charge in [-0.15, -0.1) is 0 Å². The van der Waals surface area contributed by atoms with Crippen molar-refractivity contribution in [2.75, 3.05) is 26.2 Å². The number of aromatic nitrogens is 2. The summed E-state index contributed by atoms with van der Waals surface area (Å²) in [5.41, 5.74) is 0.468. The van der Waals surface area contributed by atoms with Gasteiger partial charge in [0.05, 0.1) is 17.9 Å². The van der Waals surface area contributed by atoms with Gasteiger partial charge in [0, 0.05) is 17.7 Å². The zero-order valence-corrected chi connectivity index (χ0v) is 19.0. The maximum atomic E-state index is 5.11. The van der Waals surface area contributed by atoms with E-state index in [9.17, 15) is 0 Å². The fourth-order valence-electron chi connectivity index (χ4n) is 6.05. The van der Waals surface area contributed by atoms with E-state index in [0.29, 0.717) is 11.3 Å². The highest BCUT2D eigenvalue weighted by Gasteiger charge is 2.41. The summed E-state index contributed by atoms with van der Waals surface area (Å²) in [6.07, 6.45) is 20.8. The Morgan fingerprint density at radius 1 is 0.781 bits per heavy atom. The van der Waals surface area contributed by atoms with Crippen LogP contribution in [0.4, 0.5) is 0 Å². The van der Waals surface area contributed by atoms with E-state index in [1.165, 1.54) is 90.4 Å². The Balaban J connectivity index is 0.000000135. The van der Waals surface area contributed by atoms with Crippen molar-refractivity contribution in [1.29, 1.82) is 0 Å². The molecule has 2 atom stereocenters. The first-order chi connectivity index (χ1) is 15.8. The largest absolute Gasteiger partial charge is 0.357 e. The highest BCUT2D eigenvalue weighted by Crippen LogP contribution is 2.39. The fourth-order valence-corrected chi connectivity index (χ4v) is 6.05. The molecule has 0 amide bonds. The SMILES string of the molecule is C(#CC12CCCCN1CCC2)c1ccno1.C(=CC12CCCCN1CCC2)c1ccno1. The molecule has 4 saturated heterocycles. The van der Waals surface area contributed by atoms with E-state index in [2.05, 4.69) is 44.1 Å². The van der Waals surface area contributed by atoms with Crippen molar-refractivity contribution in [3.8, 4) is 11.8 Å². The van der Waals surface area contributed by atoms with Gasteiger partial charge < -0.3 is 9.05 Å². The first kappa shape index (κ1) is 21.5. The highest BCUT2D eigenvalue weighted by atomic mass is 16.5. The molecule has 6 heterocycles. The third-order valence-corrected chi connectivity index (χ3v) is 7.72. The summed E-state index contributed by atoms with van der Waals surface area (Å²) in [4.78, 5) is 5.20. The predicted molar refractivity (Wildman–Crippen MR) is 124 cm³/mol. The van der Waals surface area contributed by atoms with Crippen molar-refractivity contribution in [1.82, 2.24) is 20.1 Å². The molecular weight excluding hydrogens is 400 g/mol. The van der Waals surface area contributed by atoms with Crippen LogP contribution in [0.2, 0.25) is 0 Å². The Morgan fingerprint density at radius 3 is 2.31 bits per heavy atom. The van der Waals surface area contributed by atoms with E-state index in [0.717, 1.165) is 5.76 Å². The molecule has 0 saturated carbocycles. The molecular formula is C26H34N4O2. The molecule has 4 aliphatic rings. The number of hydrogen-bond acceptors (Lipinski definition) is 6. The maximum Gasteiger partial charge on any atom is 0.209 e. The van der Waals surface area contributed by atoms with Gasteiger partial charge in [-0.1, -0.05) is 28.7 Å². The van der Waals surface area contributed by atoms with Crippen LogP contribution in [0.5, 0.6) is 0 Å². The molecule has 2 aromatic heterocycles. The topological polar surface area (TPSA) is 58.5 Å². The minimum Gasteiger partial charge on any atom is -0.357 e. The Kier molecular flexibility index (Phi) is 6.47. The molecule has 32 heavy (non-hydrogen) atoms. The van der Waals surface area contributed by atoms with E-state index in [1.54, 1.807) is 12.4 Å². The van der Waals surface area contributed by atoms with E-state index >= 15 is 0 Å². The van der Waals surface area contributed by atoms with E-state index in [4.69, 9.17) is 9.05 Å². The number of nitrogens with zero attached hydrogens (tertiary/aromatic N) is 4. The third-order valence-electron chi connectivity index (χ3n) is 7.72. The van der Waals surface area contributed by atoms with Gasteiger partial charge in [-0.3, -0.25) is 9.80 Å². The lowest BCUT2D eigenvalue weighted by molar-refractivity contribution is 0.134. The average molecular weight is 435 g/mol. The Morgan fingerprint density at radius 2 is 1.47 bits per heavy atom. The molecule has 4 aliphatic heterocycles. The molecule has 6 rings (SSSR count). The van der Waals surface area contributed by atoms with E-state index in [-0.39, 0.29) is 5.54 Å². The van der Waals surface area contributed by atoms with Crippen molar-refractivity contribution >= 4 is 6.08 Å². The van der Waals surface area contributed by atoms with Crippen LogP contribution in [-0.4, -0.2) is 57.4 Å². The number of hydrogen-bond donors (Lipinski definition) is 0. The predicted octanol–water partition coefficient (Wildman–Crippen LogP) is 4.75. The molecule has 2 aromatic rings. The van der Waals surface area contributed by atoms with Gasteiger partial charge in [0.1, 0.15) is 0 Å². The van der Waals surface area contributed by atoms with Gasteiger partial charge in [0.15, 0.2) is 5.76 Å². The van der Waals surface area contributed by atoms with Crippen molar-refractivity contribution in [2.24, 2.45) is 0 Å². The zero-order valence-electron chi connectivity index (χ0n) is 19.0. The summed E-state index contributed by atoms with van der Waals surface area (Å²) >= 11 is 0. The second kappa shape index (κ2) is 9.64. The van der Waals surface area contributed by atoms with Gasteiger partial charge >= 0.3 is 0 Å². The summed E-state index contributed by atoms with van der Waals surface area (Å²) in [5, 5.41) is 7.41. The van der Waals surface area contributed by atoms with Crippen molar-refractivity contribution < 1.29 is 9.05 Å². The number of piperidine rings is 2. The normalized spacial score (nSPS) is 30.2. The molecule has 0 aliphatic carbocycles. The van der Waals surface area contributed by atoms with Crippen LogP contribution in [-0.2, 0) is 0 Å². The maximum absolute atomic E-state index is 5.11. The third kappa shape index (κ3) is 4.55. The smallest absolute Gasteiger partial charge is 0.209 e. The van der Waals surface area contributed by atoms with Crippen molar-refractivity contribution in [3.05, 3.63) is 42.1 Å². The molecule has 0 radical (unpaired) electrons. The van der Waals surface area contributed by atoms with E-state index in [1.807, 2.05) is 12.1 Å².